The molecule has 6 nitrogen and oxygen atoms in total. The van der Waals surface area contributed by atoms with E-state index in [9.17, 15) is 22.8 Å². The van der Waals surface area contributed by atoms with E-state index in [0.29, 0.717) is 33.6 Å². The Hall–Kier alpha value is -3.40. The van der Waals surface area contributed by atoms with Crippen LogP contribution in [0.25, 0.3) is 20.7 Å². The fourth-order valence-corrected chi connectivity index (χ4v) is 5.23. The van der Waals surface area contributed by atoms with E-state index in [0.717, 1.165) is 15.9 Å². The van der Waals surface area contributed by atoms with Gasteiger partial charge in [-0.2, -0.15) is 13.2 Å². The number of rotatable bonds is 6. The largest absolute Gasteiger partial charge is 0.439 e. The first kappa shape index (κ1) is 22.4. The molecule has 1 saturated carbocycles. The normalized spacial score (nSPS) is 14.0. The minimum absolute atomic E-state index is 0.206. The van der Waals surface area contributed by atoms with Crippen LogP contribution in [0.2, 0.25) is 0 Å². The highest BCUT2D eigenvalue weighted by molar-refractivity contribution is 7.22. The van der Waals surface area contributed by atoms with E-state index in [-0.39, 0.29) is 10.2 Å². The number of H-pyrrole nitrogens is 1. The monoisotopic (exact) mass is 487 g/mol. The van der Waals surface area contributed by atoms with Gasteiger partial charge in [0, 0.05) is 29.2 Å². The Bertz CT molecular complexity index is 1460. The molecule has 1 aliphatic rings. The lowest BCUT2D eigenvalue weighted by atomic mass is 10.1. The fourth-order valence-electron chi connectivity index (χ4n) is 3.91. The molecule has 4 aromatic rings. The van der Waals surface area contributed by atoms with Crippen LogP contribution < -0.4 is 16.0 Å². The summed E-state index contributed by atoms with van der Waals surface area (Å²) in [5, 5.41) is 0.206. The zero-order chi connectivity index (χ0) is 24.0. The van der Waals surface area contributed by atoms with Gasteiger partial charge in [-0.25, -0.2) is 9.78 Å². The Morgan fingerprint density at radius 1 is 1.15 bits per heavy atom. The predicted octanol–water partition coefficient (Wildman–Crippen LogP) is 5.74. The molecule has 0 bridgehead atoms. The minimum atomic E-state index is -4.42. The van der Waals surface area contributed by atoms with Crippen molar-refractivity contribution in [1.29, 1.82) is 0 Å². The van der Waals surface area contributed by atoms with Crippen molar-refractivity contribution in [1.82, 2.24) is 14.5 Å². The number of aromatic amines is 1. The van der Waals surface area contributed by atoms with Crippen molar-refractivity contribution in [3.63, 3.8) is 0 Å². The highest BCUT2D eigenvalue weighted by atomic mass is 32.1. The summed E-state index contributed by atoms with van der Waals surface area (Å²) in [5.41, 5.74) is 1.08. The summed E-state index contributed by atoms with van der Waals surface area (Å²) in [7, 11) is 0. The van der Waals surface area contributed by atoms with Gasteiger partial charge < -0.3 is 4.74 Å². The molecule has 1 aromatic carbocycles. The molecular weight excluding hydrogens is 467 g/mol. The summed E-state index contributed by atoms with van der Waals surface area (Å²) >= 11 is 1.10. The fraction of sp³-hybridized carbons (Fsp3) is 0.292. The van der Waals surface area contributed by atoms with Crippen LogP contribution in [0.15, 0.2) is 52.2 Å². The number of hydrogen-bond acceptors (Lipinski definition) is 5. The molecule has 0 saturated heterocycles. The van der Waals surface area contributed by atoms with Gasteiger partial charge in [0.1, 0.15) is 10.6 Å². The zero-order valence-corrected chi connectivity index (χ0v) is 18.9. The van der Waals surface area contributed by atoms with E-state index in [1.807, 2.05) is 12.1 Å². The molecule has 10 heteroatoms. The number of aromatic nitrogens is 3. The highest BCUT2D eigenvalue weighted by Gasteiger charge is 2.28. The molecule has 0 amide bonds. The third-order valence-corrected chi connectivity index (χ3v) is 7.20. The smallest absolute Gasteiger partial charge is 0.390 e. The standard InChI is InChI=1S/C24H20F3N3O3S/c1-13-19-21(31)29-23(32)30(11-10-24(25,26)27)22(19)34-20(13)16-6-9-18(28-12-16)33-17-7-4-15(5-8-17)14-2-3-14/h4-9,12,14H,2-3,10-11H2,1H3,(H,29,31,32). The second kappa shape index (κ2) is 8.43. The molecule has 176 valence electrons. The van der Waals surface area contributed by atoms with Crippen LogP contribution >= 0.6 is 11.3 Å². The van der Waals surface area contributed by atoms with E-state index in [1.54, 1.807) is 25.3 Å². The lowest BCUT2D eigenvalue weighted by Gasteiger charge is -2.09. The third kappa shape index (κ3) is 4.50. The number of nitrogens with one attached hydrogen (secondary N) is 1. The Balaban J connectivity index is 1.44. The summed E-state index contributed by atoms with van der Waals surface area (Å²) in [6.07, 6.45) is -1.56. The van der Waals surface area contributed by atoms with Gasteiger partial charge in [0.15, 0.2) is 0 Å². The number of hydrogen-bond donors (Lipinski definition) is 1. The topological polar surface area (TPSA) is 77.0 Å². The number of pyridine rings is 1. The summed E-state index contributed by atoms with van der Waals surface area (Å²) in [6.45, 7) is 1.13. The van der Waals surface area contributed by atoms with E-state index in [1.165, 1.54) is 18.4 Å². The number of ether oxygens (including phenoxy) is 1. The SMILES string of the molecule is Cc1c(-c2ccc(Oc3ccc(C4CC4)cc3)nc2)sc2c1c(=O)[nH]c(=O)n2CCC(F)(F)F. The lowest BCUT2D eigenvalue weighted by Crippen LogP contribution is -2.31. The average molecular weight is 488 g/mol. The summed E-state index contributed by atoms with van der Waals surface area (Å²) in [6, 6.07) is 11.4. The lowest BCUT2D eigenvalue weighted by molar-refractivity contribution is -0.136. The molecule has 0 atom stereocenters. The third-order valence-electron chi connectivity index (χ3n) is 5.83. The summed E-state index contributed by atoms with van der Waals surface area (Å²) in [4.78, 5) is 32.0. The van der Waals surface area contributed by atoms with Crippen molar-refractivity contribution >= 4 is 21.6 Å². The van der Waals surface area contributed by atoms with Crippen molar-refractivity contribution in [2.75, 3.05) is 0 Å². The second-order valence-corrected chi connectivity index (χ2v) is 9.34. The van der Waals surface area contributed by atoms with Crippen LogP contribution in [0.1, 0.15) is 36.3 Å². The van der Waals surface area contributed by atoms with Gasteiger partial charge in [-0.15, -0.1) is 11.3 Å². The molecule has 0 radical (unpaired) electrons. The van der Waals surface area contributed by atoms with Crippen LogP contribution in [0, 0.1) is 6.92 Å². The number of thiophene rings is 1. The second-order valence-electron chi connectivity index (χ2n) is 8.34. The van der Waals surface area contributed by atoms with Crippen molar-refractivity contribution in [2.24, 2.45) is 0 Å². The molecule has 3 aromatic heterocycles. The molecule has 0 aliphatic heterocycles. The number of benzene rings is 1. The minimum Gasteiger partial charge on any atom is -0.439 e. The number of alkyl halides is 3. The van der Waals surface area contributed by atoms with Crippen molar-refractivity contribution in [3.8, 4) is 22.1 Å². The summed E-state index contributed by atoms with van der Waals surface area (Å²) < 4.78 is 45.0. The van der Waals surface area contributed by atoms with Gasteiger partial charge in [-0.05, 0) is 55.0 Å². The maximum atomic E-state index is 12.7. The quantitative estimate of drug-likeness (QED) is 0.376. The molecule has 1 aliphatic carbocycles. The first-order valence-electron chi connectivity index (χ1n) is 10.8. The maximum absolute atomic E-state index is 12.7. The molecule has 3 heterocycles. The molecular formula is C24H20F3N3O3S. The van der Waals surface area contributed by atoms with Crippen LogP contribution in [0.3, 0.4) is 0 Å². The molecule has 1 fully saturated rings. The van der Waals surface area contributed by atoms with Gasteiger partial charge in [0.25, 0.3) is 5.56 Å². The van der Waals surface area contributed by atoms with Gasteiger partial charge in [-0.1, -0.05) is 12.1 Å². The number of fused-ring (bicyclic) bond motifs is 1. The molecule has 5 rings (SSSR count). The number of halogens is 3. The molecule has 1 N–H and O–H groups in total. The zero-order valence-electron chi connectivity index (χ0n) is 18.1. The van der Waals surface area contributed by atoms with Gasteiger partial charge in [-0.3, -0.25) is 14.3 Å². The van der Waals surface area contributed by atoms with Crippen LogP contribution in [0.5, 0.6) is 11.6 Å². The van der Waals surface area contributed by atoms with Gasteiger partial charge >= 0.3 is 11.9 Å². The van der Waals surface area contributed by atoms with Gasteiger partial charge in [0.05, 0.1) is 11.8 Å². The molecule has 0 spiro atoms. The van der Waals surface area contributed by atoms with Crippen molar-refractivity contribution in [3.05, 3.63) is 74.6 Å². The highest BCUT2D eigenvalue weighted by Crippen LogP contribution is 2.41. The number of nitrogens with zero attached hydrogens (tertiary/aromatic N) is 2. The van der Waals surface area contributed by atoms with Gasteiger partial charge in [0.2, 0.25) is 5.88 Å². The van der Waals surface area contributed by atoms with Crippen molar-refractivity contribution < 1.29 is 17.9 Å². The molecule has 0 unspecified atom stereocenters. The van der Waals surface area contributed by atoms with Crippen LogP contribution in [-0.2, 0) is 6.54 Å². The van der Waals surface area contributed by atoms with Crippen LogP contribution in [-0.4, -0.2) is 20.7 Å². The summed E-state index contributed by atoms with van der Waals surface area (Å²) in [5.74, 6) is 1.72. The number of aryl methyl sites for hydroxylation is 2. The van der Waals surface area contributed by atoms with Crippen molar-refractivity contribution in [2.45, 2.75) is 44.8 Å². The van der Waals surface area contributed by atoms with E-state index in [2.05, 4.69) is 22.1 Å². The Morgan fingerprint density at radius 3 is 2.50 bits per heavy atom. The van der Waals surface area contributed by atoms with E-state index < -0.39 is 30.4 Å². The Kier molecular flexibility index (Phi) is 5.55. The molecule has 34 heavy (non-hydrogen) atoms. The average Bonchev–Trinajstić information content (AvgIpc) is 3.57. The Labute approximate surface area is 195 Å². The van der Waals surface area contributed by atoms with Crippen LogP contribution in [0.4, 0.5) is 13.2 Å². The first-order chi connectivity index (χ1) is 16.2. The predicted molar refractivity (Wildman–Crippen MR) is 124 cm³/mol. The maximum Gasteiger partial charge on any atom is 0.390 e. The van der Waals surface area contributed by atoms with E-state index in [4.69, 9.17) is 4.74 Å². The van der Waals surface area contributed by atoms with E-state index >= 15 is 0 Å². The Morgan fingerprint density at radius 2 is 1.88 bits per heavy atom. The first-order valence-corrected chi connectivity index (χ1v) is 11.6.